The first-order valence-corrected chi connectivity index (χ1v) is 6.55. The van der Waals surface area contributed by atoms with Crippen LogP contribution in [0.5, 0.6) is 0 Å². The maximum atomic E-state index is 9.01. The average Bonchev–Trinajstić information content (AvgIpc) is 3.08. The van der Waals surface area contributed by atoms with E-state index in [1.807, 2.05) is 10.6 Å². The predicted molar refractivity (Wildman–Crippen MR) is 72.3 cm³/mol. The number of benzene rings is 1. The van der Waals surface area contributed by atoms with Gasteiger partial charge < -0.3 is 9.09 Å². The molecule has 0 radical (unpaired) electrons. The molecule has 3 rings (SSSR count). The molecule has 2 aromatic heterocycles. The average molecular weight is 288 g/mol. The lowest BCUT2D eigenvalue weighted by Crippen LogP contribution is -2.07. The van der Waals surface area contributed by atoms with Gasteiger partial charge in [0.05, 0.1) is 29.2 Å². The Labute approximate surface area is 119 Å². The van der Waals surface area contributed by atoms with Crippen molar-refractivity contribution >= 4 is 22.6 Å². The molecule has 100 valence electrons. The third-order valence-corrected chi connectivity index (χ3v) is 3.17. The molecule has 7 heteroatoms. The van der Waals surface area contributed by atoms with Crippen LogP contribution in [0.1, 0.15) is 17.2 Å². The summed E-state index contributed by atoms with van der Waals surface area (Å²) in [5.74, 6) is 1.87. The molecule has 0 fully saturated rings. The van der Waals surface area contributed by atoms with Gasteiger partial charge in [0.2, 0.25) is 6.39 Å². The highest BCUT2D eigenvalue weighted by Crippen LogP contribution is 2.19. The number of nitriles is 1. The standard InChI is InChI=1S/C13H10ClN5O/c14-4-3-13-17-10-2-1-9(6-15)5-11(10)19(13)7-12-16-8-20-18-12/h1-2,5,8H,3-4,7H2. The fourth-order valence-corrected chi connectivity index (χ4v) is 2.27. The third kappa shape index (κ3) is 2.24. The van der Waals surface area contributed by atoms with Gasteiger partial charge in [-0.05, 0) is 18.2 Å². The number of rotatable bonds is 4. The maximum Gasteiger partial charge on any atom is 0.213 e. The van der Waals surface area contributed by atoms with Crippen molar-refractivity contribution in [1.29, 1.82) is 5.26 Å². The van der Waals surface area contributed by atoms with Gasteiger partial charge in [0.25, 0.3) is 0 Å². The third-order valence-electron chi connectivity index (χ3n) is 2.98. The normalized spacial score (nSPS) is 10.8. The summed E-state index contributed by atoms with van der Waals surface area (Å²) < 4.78 is 6.71. The fourth-order valence-electron chi connectivity index (χ4n) is 2.10. The Bertz CT molecular complexity index is 772. The van der Waals surface area contributed by atoms with E-state index in [2.05, 4.69) is 21.2 Å². The van der Waals surface area contributed by atoms with Crippen molar-refractivity contribution < 1.29 is 4.52 Å². The van der Waals surface area contributed by atoms with Gasteiger partial charge >= 0.3 is 0 Å². The van der Waals surface area contributed by atoms with Crippen LogP contribution in [-0.4, -0.2) is 25.6 Å². The van der Waals surface area contributed by atoms with Gasteiger partial charge in [0.1, 0.15) is 5.82 Å². The fraction of sp³-hybridized carbons (Fsp3) is 0.231. The molecule has 0 saturated heterocycles. The van der Waals surface area contributed by atoms with Crippen molar-refractivity contribution in [1.82, 2.24) is 19.7 Å². The second-order valence-electron chi connectivity index (χ2n) is 4.22. The van der Waals surface area contributed by atoms with Gasteiger partial charge in [-0.1, -0.05) is 5.16 Å². The van der Waals surface area contributed by atoms with Crippen molar-refractivity contribution in [3.05, 3.63) is 41.8 Å². The second kappa shape index (κ2) is 5.31. The lowest BCUT2D eigenvalue weighted by molar-refractivity contribution is 0.408. The zero-order valence-corrected chi connectivity index (χ0v) is 11.2. The van der Waals surface area contributed by atoms with E-state index in [1.54, 1.807) is 12.1 Å². The Morgan fingerprint density at radius 1 is 1.40 bits per heavy atom. The summed E-state index contributed by atoms with van der Waals surface area (Å²) in [5, 5.41) is 12.8. The Balaban J connectivity index is 2.14. The van der Waals surface area contributed by atoms with Crippen LogP contribution in [0.25, 0.3) is 11.0 Å². The molecule has 0 atom stereocenters. The Hall–Kier alpha value is -2.39. The monoisotopic (exact) mass is 287 g/mol. The minimum atomic E-state index is 0.439. The molecule has 0 aliphatic carbocycles. The first kappa shape index (κ1) is 12.6. The molecule has 2 heterocycles. The minimum absolute atomic E-state index is 0.439. The van der Waals surface area contributed by atoms with Crippen LogP contribution >= 0.6 is 11.6 Å². The summed E-state index contributed by atoms with van der Waals surface area (Å²) in [7, 11) is 0. The molecule has 20 heavy (non-hydrogen) atoms. The molecular weight excluding hydrogens is 278 g/mol. The zero-order valence-electron chi connectivity index (χ0n) is 10.5. The van der Waals surface area contributed by atoms with Crippen molar-refractivity contribution in [2.75, 3.05) is 5.88 Å². The van der Waals surface area contributed by atoms with E-state index in [4.69, 9.17) is 21.4 Å². The maximum absolute atomic E-state index is 9.01. The number of hydrogen-bond donors (Lipinski definition) is 0. The van der Waals surface area contributed by atoms with Crippen LogP contribution in [0, 0.1) is 11.3 Å². The van der Waals surface area contributed by atoms with E-state index in [1.165, 1.54) is 6.39 Å². The second-order valence-corrected chi connectivity index (χ2v) is 4.59. The summed E-state index contributed by atoms with van der Waals surface area (Å²) >= 11 is 5.82. The van der Waals surface area contributed by atoms with Crippen LogP contribution in [-0.2, 0) is 13.0 Å². The number of hydrogen-bond acceptors (Lipinski definition) is 5. The van der Waals surface area contributed by atoms with Crippen LogP contribution in [0.4, 0.5) is 0 Å². The van der Waals surface area contributed by atoms with Crippen molar-refractivity contribution in [2.24, 2.45) is 0 Å². The number of aryl methyl sites for hydroxylation is 1. The lowest BCUT2D eigenvalue weighted by Gasteiger charge is -2.05. The number of imidazole rings is 1. The highest BCUT2D eigenvalue weighted by atomic mass is 35.5. The molecule has 0 unspecified atom stereocenters. The van der Waals surface area contributed by atoms with E-state index in [0.717, 1.165) is 16.9 Å². The molecule has 0 saturated carbocycles. The van der Waals surface area contributed by atoms with Gasteiger partial charge in [0, 0.05) is 12.3 Å². The van der Waals surface area contributed by atoms with Crippen LogP contribution in [0.15, 0.2) is 29.1 Å². The number of nitrogens with zero attached hydrogens (tertiary/aromatic N) is 5. The van der Waals surface area contributed by atoms with Gasteiger partial charge in [-0.15, -0.1) is 11.6 Å². The molecule has 0 bridgehead atoms. The van der Waals surface area contributed by atoms with Crippen LogP contribution in [0.2, 0.25) is 0 Å². The van der Waals surface area contributed by atoms with E-state index < -0.39 is 0 Å². The van der Waals surface area contributed by atoms with Crippen molar-refractivity contribution in [2.45, 2.75) is 13.0 Å². The SMILES string of the molecule is N#Cc1ccc2nc(CCCl)n(Cc3ncon3)c2c1. The first-order valence-electron chi connectivity index (χ1n) is 6.02. The van der Waals surface area contributed by atoms with Gasteiger partial charge in [0.15, 0.2) is 5.82 Å². The molecule has 0 aliphatic heterocycles. The molecule has 3 aromatic rings. The quantitative estimate of drug-likeness (QED) is 0.687. The van der Waals surface area contributed by atoms with Crippen LogP contribution in [0.3, 0.4) is 0 Å². The number of aromatic nitrogens is 4. The topological polar surface area (TPSA) is 80.5 Å². The van der Waals surface area contributed by atoms with E-state index >= 15 is 0 Å². The van der Waals surface area contributed by atoms with Crippen molar-refractivity contribution in [3.63, 3.8) is 0 Å². The highest BCUT2D eigenvalue weighted by molar-refractivity contribution is 6.17. The molecule has 0 aliphatic rings. The van der Waals surface area contributed by atoms with Crippen LogP contribution < -0.4 is 0 Å². The zero-order chi connectivity index (χ0) is 13.9. The molecule has 0 spiro atoms. The van der Waals surface area contributed by atoms with Gasteiger partial charge in [-0.3, -0.25) is 0 Å². The first-order chi connectivity index (χ1) is 9.81. The number of alkyl halides is 1. The molecule has 1 aromatic carbocycles. The molecule has 0 amide bonds. The Morgan fingerprint density at radius 3 is 3.00 bits per heavy atom. The number of fused-ring (bicyclic) bond motifs is 1. The Morgan fingerprint density at radius 2 is 2.30 bits per heavy atom. The predicted octanol–water partition coefficient (Wildman–Crippen LogP) is 2.12. The molecule has 0 N–H and O–H groups in total. The Kier molecular flexibility index (Phi) is 3.35. The highest BCUT2D eigenvalue weighted by Gasteiger charge is 2.13. The van der Waals surface area contributed by atoms with E-state index in [-0.39, 0.29) is 0 Å². The molecular formula is C13H10ClN5O. The summed E-state index contributed by atoms with van der Waals surface area (Å²) in [4.78, 5) is 8.56. The van der Waals surface area contributed by atoms with E-state index in [0.29, 0.717) is 30.2 Å². The smallest absolute Gasteiger partial charge is 0.213 e. The summed E-state index contributed by atoms with van der Waals surface area (Å²) in [6, 6.07) is 7.52. The van der Waals surface area contributed by atoms with Crippen molar-refractivity contribution in [3.8, 4) is 6.07 Å². The van der Waals surface area contributed by atoms with Gasteiger partial charge in [-0.25, -0.2) is 4.98 Å². The lowest BCUT2D eigenvalue weighted by atomic mass is 10.2. The van der Waals surface area contributed by atoms with Gasteiger partial charge in [-0.2, -0.15) is 10.2 Å². The minimum Gasteiger partial charge on any atom is -0.343 e. The summed E-state index contributed by atoms with van der Waals surface area (Å²) in [6.07, 6.45) is 1.92. The summed E-state index contributed by atoms with van der Waals surface area (Å²) in [6.45, 7) is 0.439. The largest absolute Gasteiger partial charge is 0.343 e. The molecule has 6 nitrogen and oxygen atoms in total. The summed E-state index contributed by atoms with van der Waals surface area (Å²) in [5.41, 5.74) is 2.28. The van der Waals surface area contributed by atoms with E-state index in [9.17, 15) is 0 Å². The number of halogens is 1.